The van der Waals surface area contributed by atoms with E-state index in [0.29, 0.717) is 6.42 Å². The zero-order chi connectivity index (χ0) is 16.8. The predicted molar refractivity (Wildman–Crippen MR) is 74.8 cm³/mol. The van der Waals surface area contributed by atoms with Gasteiger partial charge in [-0.25, -0.2) is 4.98 Å². The van der Waals surface area contributed by atoms with E-state index in [1.165, 1.54) is 22.8 Å². The Morgan fingerprint density at radius 1 is 1.35 bits per heavy atom. The van der Waals surface area contributed by atoms with Crippen molar-refractivity contribution in [3.8, 4) is 11.3 Å². The van der Waals surface area contributed by atoms with Gasteiger partial charge in [-0.15, -0.1) is 0 Å². The standard InChI is InChI=1S/C15H11F4N3O/c16-13-8(4-3-6-21-13)12-11(15(17,18)19)10(14(20)23)9-5-1-2-7-22(9)12/h1,3-6H,2,7H2,(H2,20,23). The van der Waals surface area contributed by atoms with Crippen LogP contribution in [-0.2, 0) is 12.7 Å². The van der Waals surface area contributed by atoms with Crippen LogP contribution in [0.2, 0.25) is 0 Å². The number of primary amides is 1. The van der Waals surface area contributed by atoms with Crippen molar-refractivity contribution in [1.82, 2.24) is 9.55 Å². The highest BCUT2D eigenvalue weighted by atomic mass is 19.4. The quantitative estimate of drug-likeness (QED) is 0.681. The average molecular weight is 325 g/mol. The first-order valence-electron chi connectivity index (χ1n) is 6.73. The molecule has 2 aromatic rings. The van der Waals surface area contributed by atoms with Crippen LogP contribution in [0.25, 0.3) is 17.3 Å². The van der Waals surface area contributed by atoms with Crippen molar-refractivity contribution in [2.45, 2.75) is 19.1 Å². The van der Waals surface area contributed by atoms with E-state index in [0.717, 1.165) is 6.20 Å². The second-order valence-electron chi connectivity index (χ2n) is 5.03. The van der Waals surface area contributed by atoms with Gasteiger partial charge in [0, 0.05) is 12.7 Å². The van der Waals surface area contributed by atoms with Crippen molar-refractivity contribution in [2.24, 2.45) is 5.73 Å². The Morgan fingerprint density at radius 2 is 2.09 bits per heavy atom. The van der Waals surface area contributed by atoms with E-state index in [1.54, 1.807) is 6.08 Å². The zero-order valence-electron chi connectivity index (χ0n) is 11.7. The molecule has 8 heteroatoms. The molecule has 2 aromatic heterocycles. The number of nitrogens with two attached hydrogens (primary N) is 1. The van der Waals surface area contributed by atoms with Crippen LogP contribution in [0.1, 0.15) is 28.0 Å². The molecular formula is C15H11F4N3O. The van der Waals surface area contributed by atoms with Crippen LogP contribution in [0.4, 0.5) is 17.6 Å². The Labute approximate surface area is 128 Å². The molecule has 0 spiro atoms. The van der Waals surface area contributed by atoms with E-state index >= 15 is 0 Å². The molecule has 0 bridgehead atoms. The summed E-state index contributed by atoms with van der Waals surface area (Å²) in [5, 5.41) is 0. The smallest absolute Gasteiger partial charge is 0.366 e. The molecule has 0 aromatic carbocycles. The van der Waals surface area contributed by atoms with Gasteiger partial charge in [-0.2, -0.15) is 17.6 Å². The fourth-order valence-electron chi connectivity index (χ4n) is 2.81. The number of rotatable bonds is 2. The lowest BCUT2D eigenvalue weighted by molar-refractivity contribution is -0.137. The lowest BCUT2D eigenvalue weighted by Gasteiger charge is -2.15. The lowest BCUT2D eigenvalue weighted by Crippen LogP contribution is -2.18. The zero-order valence-corrected chi connectivity index (χ0v) is 11.7. The highest BCUT2D eigenvalue weighted by molar-refractivity contribution is 6.00. The van der Waals surface area contributed by atoms with Crippen molar-refractivity contribution in [1.29, 1.82) is 0 Å². The van der Waals surface area contributed by atoms with Crippen LogP contribution in [0.5, 0.6) is 0 Å². The molecule has 1 aliphatic heterocycles. The second-order valence-corrected chi connectivity index (χ2v) is 5.03. The van der Waals surface area contributed by atoms with E-state index in [9.17, 15) is 22.4 Å². The highest BCUT2D eigenvalue weighted by Gasteiger charge is 2.43. The number of carbonyl (C=O) groups excluding carboxylic acids is 1. The number of nitrogens with zero attached hydrogens (tertiary/aromatic N) is 2. The third-order valence-electron chi connectivity index (χ3n) is 3.64. The Bertz CT molecular complexity index is 821. The SMILES string of the molecule is NC(=O)c1c(C(F)(F)F)c(-c2cccnc2F)n2c1C=CCC2. The first kappa shape index (κ1) is 15.3. The molecule has 0 saturated carbocycles. The number of aromatic nitrogens is 2. The van der Waals surface area contributed by atoms with E-state index in [4.69, 9.17) is 5.73 Å². The van der Waals surface area contributed by atoms with Gasteiger partial charge in [0.15, 0.2) is 0 Å². The summed E-state index contributed by atoms with van der Waals surface area (Å²) in [6.07, 6.45) is -0.213. The molecule has 0 fully saturated rings. The molecule has 0 unspecified atom stereocenters. The van der Waals surface area contributed by atoms with Crippen molar-refractivity contribution in [2.75, 3.05) is 0 Å². The molecule has 1 aliphatic rings. The van der Waals surface area contributed by atoms with Gasteiger partial charge in [-0.05, 0) is 24.6 Å². The number of carbonyl (C=O) groups is 1. The van der Waals surface area contributed by atoms with E-state index < -0.39 is 34.9 Å². The largest absolute Gasteiger partial charge is 0.419 e. The number of hydrogen-bond acceptors (Lipinski definition) is 2. The van der Waals surface area contributed by atoms with Crippen LogP contribution in [0, 0.1) is 5.95 Å². The van der Waals surface area contributed by atoms with Gasteiger partial charge < -0.3 is 10.3 Å². The number of allylic oxidation sites excluding steroid dienone is 1. The van der Waals surface area contributed by atoms with Gasteiger partial charge in [0.05, 0.1) is 28.1 Å². The summed E-state index contributed by atoms with van der Waals surface area (Å²) in [4.78, 5) is 15.0. The Balaban J connectivity index is 2.46. The van der Waals surface area contributed by atoms with Crippen molar-refractivity contribution >= 4 is 12.0 Å². The summed E-state index contributed by atoms with van der Waals surface area (Å²) in [6, 6.07) is 2.53. The summed E-state index contributed by atoms with van der Waals surface area (Å²) >= 11 is 0. The van der Waals surface area contributed by atoms with Crippen LogP contribution >= 0.6 is 0 Å². The summed E-state index contributed by atoms with van der Waals surface area (Å²) in [5.74, 6) is -2.24. The first-order chi connectivity index (χ1) is 10.8. The number of fused-ring (bicyclic) bond motifs is 1. The second kappa shape index (κ2) is 5.22. The van der Waals surface area contributed by atoms with Crippen molar-refractivity contribution < 1.29 is 22.4 Å². The summed E-state index contributed by atoms with van der Waals surface area (Å²) in [6.45, 7) is 0.186. The molecule has 0 aliphatic carbocycles. The Morgan fingerprint density at radius 3 is 2.70 bits per heavy atom. The molecular weight excluding hydrogens is 314 g/mol. The molecule has 0 radical (unpaired) electrons. The Hall–Kier alpha value is -2.64. The molecule has 3 heterocycles. The molecule has 120 valence electrons. The van der Waals surface area contributed by atoms with Gasteiger partial charge in [-0.3, -0.25) is 4.79 Å². The molecule has 23 heavy (non-hydrogen) atoms. The number of hydrogen-bond donors (Lipinski definition) is 1. The maximum Gasteiger partial charge on any atom is 0.419 e. The third kappa shape index (κ3) is 2.39. The average Bonchev–Trinajstić information content (AvgIpc) is 2.83. The van der Waals surface area contributed by atoms with Crippen LogP contribution in [-0.4, -0.2) is 15.5 Å². The van der Waals surface area contributed by atoms with Gasteiger partial charge in [0.2, 0.25) is 5.95 Å². The van der Waals surface area contributed by atoms with Gasteiger partial charge in [0.25, 0.3) is 5.91 Å². The lowest BCUT2D eigenvalue weighted by atomic mass is 10.0. The molecule has 0 atom stereocenters. The minimum absolute atomic E-state index is 0.0364. The minimum atomic E-state index is -4.86. The molecule has 1 amide bonds. The summed E-state index contributed by atoms with van der Waals surface area (Å²) in [7, 11) is 0. The van der Waals surface area contributed by atoms with Gasteiger partial charge in [0.1, 0.15) is 0 Å². The predicted octanol–water partition coefficient (Wildman–Crippen LogP) is 3.22. The van der Waals surface area contributed by atoms with E-state index in [-0.39, 0.29) is 17.8 Å². The molecule has 0 saturated heterocycles. The Kier molecular flexibility index (Phi) is 3.46. The number of alkyl halides is 3. The van der Waals surface area contributed by atoms with E-state index in [2.05, 4.69) is 4.98 Å². The molecule has 2 N–H and O–H groups in total. The van der Waals surface area contributed by atoms with Gasteiger partial charge >= 0.3 is 6.18 Å². The van der Waals surface area contributed by atoms with Crippen LogP contribution < -0.4 is 5.73 Å². The van der Waals surface area contributed by atoms with Crippen molar-refractivity contribution in [3.63, 3.8) is 0 Å². The topological polar surface area (TPSA) is 60.9 Å². The minimum Gasteiger partial charge on any atom is -0.366 e. The summed E-state index contributed by atoms with van der Waals surface area (Å²) in [5.41, 5.74) is 2.60. The first-order valence-corrected chi connectivity index (χ1v) is 6.73. The highest BCUT2D eigenvalue weighted by Crippen LogP contribution is 2.44. The maximum atomic E-state index is 14.0. The summed E-state index contributed by atoms with van der Waals surface area (Å²) < 4.78 is 56.0. The fraction of sp³-hybridized carbons (Fsp3) is 0.200. The van der Waals surface area contributed by atoms with Crippen molar-refractivity contribution in [3.05, 3.63) is 47.2 Å². The number of halogens is 4. The van der Waals surface area contributed by atoms with Crippen LogP contribution in [0.3, 0.4) is 0 Å². The number of pyridine rings is 1. The molecule has 4 nitrogen and oxygen atoms in total. The van der Waals surface area contributed by atoms with Gasteiger partial charge in [-0.1, -0.05) is 6.08 Å². The van der Waals surface area contributed by atoms with Crippen LogP contribution in [0.15, 0.2) is 24.4 Å². The van der Waals surface area contributed by atoms with E-state index in [1.807, 2.05) is 0 Å². The molecule has 3 rings (SSSR count). The number of amides is 1. The normalized spacial score (nSPS) is 13.9. The third-order valence-corrected chi connectivity index (χ3v) is 3.64. The monoisotopic (exact) mass is 325 g/mol. The maximum absolute atomic E-state index is 14.0. The fourth-order valence-corrected chi connectivity index (χ4v) is 2.81.